The first-order chi connectivity index (χ1) is 8.01. The Bertz CT molecular complexity index is 313. The number of rotatable bonds is 2. The van der Waals surface area contributed by atoms with E-state index in [9.17, 15) is 19.8 Å². The number of fused-ring (bicyclic) bond motifs is 2. The van der Waals surface area contributed by atoms with Gasteiger partial charge in [-0.05, 0) is 25.7 Å². The van der Waals surface area contributed by atoms with Gasteiger partial charge < -0.3 is 10.2 Å². The second-order valence-corrected chi connectivity index (χ2v) is 8.82. The van der Waals surface area contributed by atoms with Crippen molar-refractivity contribution < 1.29 is 19.8 Å². The van der Waals surface area contributed by atoms with Gasteiger partial charge in [-0.2, -0.15) is 0 Å². The molecule has 4 nitrogen and oxygen atoms in total. The molecule has 0 radical (unpaired) electrons. The molecule has 2 unspecified atom stereocenters. The molecule has 94 valence electrons. The van der Waals surface area contributed by atoms with Crippen molar-refractivity contribution in [1.29, 1.82) is 0 Å². The monoisotopic (exact) mass is 254 g/mol. The molecule has 2 aliphatic rings. The molecule has 5 heteroatoms. The molecule has 0 saturated carbocycles. The molecular formula is C12H19AlO4. The molecule has 2 N–H and O–H groups in total. The van der Waals surface area contributed by atoms with Crippen molar-refractivity contribution in [3.63, 3.8) is 0 Å². The van der Waals surface area contributed by atoms with Crippen molar-refractivity contribution in [1.82, 2.24) is 0 Å². The molecular weight excluding hydrogens is 235 g/mol. The molecule has 2 bridgehead atoms. The Morgan fingerprint density at radius 2 is 1.18 bits per heavy atom. The van der Waals surface area contributed by atoms with E-state index in [-0.39, 0.29) is 0 Å². The Morgan fingerprint density at radius 3 is 1.59 bits per heavy atom. The molecule has 0 spiro atoms. The smallest absolute Gasteiger partial charge is 0.295 e. The summed E-state index contributed by atoms with van der Waals surface area (Å²) in [4.78, 5) is 23.1. The summed E-state index contributed by atoms with van der Waals surface area (Å²) in [6.07, 6.45) is 6.51. The van der Waals surface area contributed by atoms with Gasteiger partial charge in [-0.15, -0.1) is 0 Å². The van der Waals surface area contributed by atoms with Gasteiger partial charge in [0.2, 0.25) is 0 Å². The second kappa shape index (κ2) is 4.62. The van der Waals surface area contributed by atoms with E-state index < -0.39 is 35.7 Å². The fourth-order valence-electron chi connectivity index (χ4n) is 3.70. The maximum Gasteiger partial charge on any atom is 0.295 e. The highest BCUT2D eigenvalue weighted by Crippen LogP contribution is 2.55. The van der Waals surface area contributed by atoms with E-state index in [0.29, 0.717) is 25.7 Å². The Hall–Kier alpha value is -0.528. The molecule has 0 aromatic rings. The molecule has 0 amide bonds. The standard InChI is InChI=1S/C12H18O4.Al.H/c13-11(14)9-5-2-1-3-6-10(12(15)16)8-4-7-9;;/h1-8H2,(H,13,14)(H,15,16);;. The Labute approximate surface area is 107 Å². The largest absolute Gasteiger partial charge is 0.482 e. The van der Waals surface area contributed by atoms with Crippen LogP contribution < -0.4 is 0 Å². The summed E-state index contributed by atoms with van der Waals surface area (Å²) in [5.74, 6) is -1.45. The van der Waals surface area contributed by atoms with Crippen LogP contribution in [0.5, 0.6) is 0 Å². The van der Waals surface area contributed by atoms with Gasteiger partial charge in [0.25, 0.3) is 27.2 Å². The average Bonchev–Trinajstić information content (AvgIpc) is 2.26. The minimum atomic E-state index is -1.13. The van der Waals surface area contributed by atoms with Crippen LogP contribution in [0.4, 0.5) is 0 Å². The molecule has 0 aromatic heterocycles. The van der Waals surface area contributed by atoms with Crippen LogP contribution >= 0.6 is 0 Å². The number of carboxylic acid groups (broad SMARTS) is 2. The Kier molecular flexibility index (Phi) is 3.51. The first-order valence-electron chi connectivity index (χ1n) is 6.48. The summed E-state index contributed by atoms with van der Waals surface area (Å²) in [7, 11) is 0. The van der Waals surface area contributed by atoms with E-state index in [1.165, 1.54) is 0 Å². The quantitative estimate of drug-likeness (QED) is 0.740. The van der Waals surface area contributed by atoms with Crippen LogP contribution in [-0.4, -0.2) is 37.4 Å². The topological polar surface area (TPSA) is 74.6 Å². The van der Waals surface area contributed by atoms with Gasteiger partial charge in [0.1, 0.15) is 0 Å². The minimum absolute atomic E-state index is 0.628. The van der Waals surface area contributed by atoms with Crippen LogP contribution in [0.2, 0.25) is 8.55 Å². The maximum atomic E-state index is 11.6. The number of carbonyl (C=O) groups is 2. The summed E-state index contributed by atoms with van der Waals surface area (Å²) in [6, 6.07) is 0. The van der Waals surface area contributed by atoms with Crippen LogP contribution in [0, 0.1) is 0 Å². The van der Waals surface area contributed by atoms with Crippen molar-refractivity contribution in [3.8, 4) is 0 Å². The highest BCUT2D eigenvalue weighted by atomic mass is 27.1. The van der Waals surface area contributed by atoms with Gasteiger partial charge in [-0.3, -0.25) is 9.59 Å². The molecule has 2 heterocycles. The van der Waals surface area contributed by atoms with Gasteiger partial charge >= 0.3 is 0 Å². The lowest BCUT2D eigenvalue weighted by atomic mass is 9.84. The van der Waals surface area contributed by atoms with Gasteiger partial charge in [0.15, 0.2) is 0 Å². The summed E-state index contributed by atoms with van der Waals surface area (Å²) in [6.45, 7) is 0. The Morgan fingerprint density at radius 1 is 0.765 bits per heavy atom. The van der Waals surface area contributed by atoms with E-state index in [4.69, 9.17) is 0 Å². The third-order valence-electron chi connectivity index (χ3n) is 4.71. The van der Waals surface area contributed by atoms with Crippen LogP contribution in [0.3, 0.4) is 0 Å². The van der Waals surface area contributed by atoms with E-state index in [0.717, 1.165) is 25.7 Å². The molecule has 0 aromatic carbocycles. The van der Waals surface area contributed by atoms with E-state index in [1.54, 1.807) is 0 Å². The fraction of sp³-hybridized carbons (Fsp3) is 0.833. The van der Waals surface area contributed by atoms with Crippen molar-refractivity contribution >= 4 is 27.2 Å². The maximum absolute atomic E-state index is 11.6. The van der Waals surface area contributed by atoms with Crippen molar-refractivity contribution in [3.05, 3.63) is 0 Å². The van der Waals surface area contributed by atoms with Crippen LogP contribution in [0.25, 0.3) is 0 Å². The zero-order chi connectivity index (χ0) is 12.5. The molecule has 2 fully saturated rings. The van der Waals surface area contributed by atoms with Gasteiger partial charge in [-0.25, -0.2) is 0 Å². The van der Waals surface area contributed by atoms with Crippen LogP contribution in [0.15, 0.2) is 0 Å². The van der Waals surface area contributed by atoms with Crippen LogP contribution in [-0.2, 0) is 9.59 Å². The third-order valence-corrected chi connectivity index (χ3v) is 8.08. The molecule has 2 aliphatic heterocycles. The van der Waals surface area contributed by atoms with Gasteiger partial charge in [0, 0.05) is 8.55 Å². The lowest BCUT2D eigenvalue weighted by Gasteiger charge is -2.44. The summed E-state index contributed by atoms with van der Waals surface area (Å²) < 4.78 is -1.26. The SMILES string of the molecule is O=C(O)[C]12CCCCC[C](C(=O)O)(CCC1)[AlH]2. The zero-order valence-corrected chi connectivity index (χ0v) is 11.5. The predicted octanol–water partition coefficient (Wildman–Crippen LogP) is 2.06. The first-order valence-corrected chi connectivity index (χ1v) is 7.89. The predicted molar refractivity (Wildman–Crippen MR) is 64.7 cm³/mol. The van der Waals surface area contributed by atoms with Crippen molar-refractivity contribution in [2.24, 2.45) is 0 Å². The molecule has 0 aliphatic carbocycles. The fourth-order valence-corrected chi connectivity index (χ4v) is 7.00. The molecule has 2 rings (SSSR count). The van der Waals surface area contributed by atoms with Gasteiger partial charge in [0.05, 0.1) is 0 Å². The van der Waals surface area contributed by atoms with Crippen molar-refractivity contribution in [2.75, 3.05) is 0 Å². The normalized spacial score (nSPS) is 37.4. The van der Waals surface area contributed by atoms with Crippen LogP contribution in [0.1, 0.15) is 51.4 Å². The number of aliphatic carboxylic acids is 2. The minimum Gasteiger partial charge on any atom is -0.482 e. The van der Waals surface area contributed by atoms with E-state index in [1.807, 2.05) is 0 Å². The lowest BCUT2D eigenvalue weighted by molar-refractivity contribution is -0.143. The van der Waals surface area contributed by atoms with E-state index in [2.05, 4.69) is 0 Å². The highest BCUT2D eigenvalue weighted by Gasteiger charge is 2.54. The highest BCUT2D eigenvalue weighted by molar-refractivity contribution is 6.55. The first kappa shape index (κ1) is 12.9. The van der Waals surface area contributed by atoms with Gasteiger partial charge in [-0.1, -0.05) is 25.7 Å². The molecule has 2 atom stereocenters. The average molecular weight is 254 g/mol. The van der Waals surface area contributed by atoms with Crippen molar-refractivity contribution in [2.45, 2.75) is 59.9 Å². The number of carboxylic acids is 2. The summed E-state index contributed by atoms with van der Waals surface area (Å²) in [5.41, 5.74) is 0. The number of hydrogen-bond acceptors (Lipinski definition) is 2. The Balaban J connectivity index is 2.33. The van der Waals surface area contributed by atoms with E-state index >= 15 is 0 Å². The second-order valence-electron chi connectivity index (χ2n) is 5.76. The zero-order valence-electron chi connectivity index (χ0n) is 10.1. The third kappa shape index (κ3) is 2.23. The number of hydrogen-bond donors (Lipinski definition) is 2. The summed E-state index contributed by atoms with van der Waals surface area (Å²) >= 11 is -1.13. The molecule has 17 heavy (non-hydrogen) atoms. The lowest BCUT2D eigenvalue weighted by Crippen LogP contribution is -2.45. The summed E-state index contributed by atoms with van der Waals surface area (Å²) in [5, 5.41) is 19.0. The molecule has 2 saturated heterocycles.